The Morgan fingerprint density at radius 3 is 2.52 bits per heavy atom. The number of aryl methyl sites for hydroxylation is 2. The Hall–Kier alpha value is -1.59. The van der Waals surface area contributed by atoms with Gasteiger partial charge in [-0.2, -0.15) is 0 Å². The fourth-order valence-corrected chi connectivity index (χ4v) is 3.34. The summed E-state index contributed by atoms with van der Waals surface area (Å²) in [5.41, 5.74) is 9.24. The second kappa shape index (κ2) is 5.00. The van der Waals surface area contributed by atoms with E-state index in [9.17, 15) is 4.79 Å². The van der Waals surface area contributed by atoms with Crippen molar-refractivity contribution in [1.29, 1.82) is 0 Å². The van der Waals surface area contributed by atoms with Crippen LogP contribution in [-0.2, 0) is 18.8 Å². The highest BCUT2D eigenvalue weighted by Crippen LogP contribution is 2.41. The van der Waals surface area contributed by atoms with Crippen LogP contribution in [-0.4, -0.2) is 21.8 Å². The first-order valence-corrected chi connectivity index (χ1v) is 7.43. The first kappa shape index (κ1) is 14.4. The monoisotopic (exact) mass is 289 g/mol. The minimum atomic E-state index is -0.0649. The van der Waals surface area contributed by atoms with E-state index in [0.29, 0.717) is 0 Å². The summed E-state index contributed by atoms with van der Waals surface area (Å²) in [6.07, 6.45) is 4.22. The molecule has 1 aromatic heterocycles. The molecule has 3 rings (SSSR count). The summed E-state index contributed by atoms with van der Waals surface area (Å²) in [6.45, 7) is 0. The third kappa shape index (κ3) is 2.21. The van der Waals surface area contributed by atoms with Gasteiger partial charge in [-0.15, -0.1) is 0 Å². The summed E-state index contributed by atoms with van der Waals surface area (Å²) in [4.78, 5) is 12.0. The molecule has 2 aromatic rings. The average Bonchev–Trinajstić information content (AvgIpc) is 2.67. The van der Waals surface area contributed by atoms with Gasteiger partial charge >= 0.3 is 5.69 Å². The molecule has 1 aromatic carbocycles. The molecule has 0 bridgehead atoms. The lowest BCUT2D eigenvalue weighted by Gasteiger charge is -2.42. The van der Waals surface area contributed by atoms with Gasteiger partial charge in [0.15, 0.2) is 0 Å². The van der Waals surface area contributed by atoms with Crippen LogP contribution in [0, 0.1) is 0 Å². The Balaban J connectivity index is 1.94. The van der Waals surface area contributed by atoms with Crippen LogP contribution in [0.15, 0.2) is 23.0 Å². The van der Waals surface area contributed by atoms with Gasteiger partial charge in [0.05, 0.1) is 16.6 Å². The summed E-state index contributed by atoms with van der Waals surface area (Å²) in [7, 11) is 5.36. The molecular formula is C16H23N3O2. The van der Waals surface area contributed by atoms with E-state index in [1.54, 1.807) is 30.3 Å². The molecule has 1 fully saturated rings. The van der Waals surface area contributed by atoms with Crippen molar-refractivity contribution in [1.82, 2.24) is 9.13 Å². The van der Waals surface area contributed by atoms with Gasteiger partial charge in [-0.3, -0.25) is 9.13 Å². The maximum Gasteiger partial charge on any atom is 0.328 e. The Kier molecular flexibility index (Phi) is 3.42. The molecule has 114 valence electrons. The number of methoxy groups -OCH3 is 1. The highest BCUT2D eigenvalue weighted by Gasteiger charge is 2.38. The number of benzene rings is 1. The number of fused-ring (bicyclic) bond motifs is 1. The van der Waals surface area contributed by atoms with E-state index in [-0.39, 0.29) is 17.3 Å². The lowest BCUT2D eigenvalue weighted by Crippen LogP contribution is -2.41. The van der Waals surface area contributed by atoms with Crippen molar-refractivity contribution in [2.24, 2.45) is 19.8 Å². The predicted octanol–water partition coefficient (Wildman–Crippen LogP) is 1.84. The van der Waals surface area contributed by atoms with Gasteiger partial charge in [0.25, 0.3) is 0 Å². The Morgan fingerprint density at radius 2 is 1.95 bits per heavy atom. The Bertz CT molecular complexity index is 719. The van der Waals surface area contributed by atoms with Crippen LogP contribution >= 0.6 is 0 Å². The van der Waals surface area contributed by atoms with E-state index in [1.165, 1.54) is 6.42 Å². The van der Waals surface area contributed by atoms with Gasteiger partial charge in [-0.25, -0.2) is 4.79 Å². The molecule has 0 saturated heterocycles. The van der Waals surface area contributed by atoms with Crippen LogP contribution in [0.4, 0.5) is 0 Å². The Labute approximate surface area is 124 Å². The number of rotatable bonds is 4. The number of hydrogen-bond acceptors (Lipinski definition) is 3. The normalized spacial score (nSPS) is 18.7. The van der Waals surface area contributed by atoms with Crippen molar-refractivity contribution in [2.75, 3.05) is 7.11 Å². The van der Waals surface area contributed by atoms with E-state index in [0.717, 1.165) is 35.9 Å². The van der Waals surface area contributed by atoms with Gasteiger partial charge < -0.3 is 10.5 Å². The number of nitrogens with two attached hydrogens (primary N) is 1. The van der Waals surface area contributed by atoms with Crippen LogP contribution in [0.5, 0.6) is 0 Å². The highest BCUT2D eigenvalue weighted by atomic mass is 16.5. The topological polar surface area (TPSA) is 62.2 Å². The number of aromatic nitrogens is 2. The predicted molar refractivity (Wildman–Crippen MR) is 83.3 cm³/mol. The number of hydrogen-bond donors (Lipinski definition) is 1. The van der Waals surface area contributed by atoms with Crippen molar-refractivity contribution < 1.29 is 4.74 Å². The van der Waals surface area contributed by atoms with Crippen LogP contribution < -0.4 is 11.4 Å². The third-order valence-electron chi connectivity index (χ3n) is 5.01. The number of imidazole rings is 1. The molecule has 1 atom stereocenters. The molecule has 2 N–H and O–H groups in total. The molecule has 5 heteroatoms. The lowest BCUT2D eigenvalue weighted by atomic mass is 9.75. The summed E-state index contributed by atoms with van der Waals surface area (Å²) >= 11 is 0. The first-order chi connectivity index (χ1) is 9.97. The van der Waals surface area contributed by atoms with E-state index in [2.05, 4.69) is 0 Å². The fraction of sp³-hybridized carbons (Fsp3) is 0.562. The first-order valence-electron chi connectivity index (χ1n) is 7.43. The summed E-state index contributed by atoms with van der Waals surface area (Å²) in [5.74, 6) is 0. The van der Waals surface area contributed by atoms with Crippen LogP contribution in [0.25, 0.3) is 11.0 Å². The molecule has 5 nitrogen and oxygen atoms in total. The maximum absolute atomic E-state index is 12.0. The van der Waals surface area contributed by atoms with Gasteiger partial charge in [-0.05, 0) is 43.4 Å². The zero-order valence-corrected chi connectivity index (χ0v) is 12.9. The third-order valence-corrected chi connectivity index (χ3v) is 5.01. The summed E-state index contributed by atoms with van der Waals surface area (Å²) in [6, 6.07) is 5.97. The number of nitrogens with zero attached hydrogens (tertiary/aromatic N) is 2. The minimum absolute atomic E-state index is 0.0110. The van der Waals surface area contributed by atoms with Gasteiger partial charge in [0.1, 0.15) is 0 Å². The largest absolute Gasteiger partial charge is 0.378 e. The maximum atomic E-state index is 12.0. The van der Waals surface area contributed by atoms with Crippen molar-refractivity contribution in [3.05, 3.63) is 34.2 Å². The molecule has 21 heavy (non-hydrogen) atoms. The molecule has 0 radical (unpaired) electrons. The Morgan fingerprint density at radius 1 is 1.29 bits per heavy atom. The summed E-state index contributed by atoms with van der Waals surface area (Å²) < 4.78 is 8.99. The van der Waals surface area contributed by atoms with Gasteiger partial charge in [-0.1, -0.05) is 6.07 Å². The second-order valence-corrected chi connectivity index (χ2v) is 6.20. The smallest absolute Gasteiger partial charge is 0.328 e. The van der Waals surface area contributed by atoms with E-state index >= 15 is 0 Å². The minimum Gasteiger partial charge on any atom is -0.378 e. The van der Waals surface area contributed by atoms with Gasteiger partial charge in [0, 0.05) is 27.2 Å². The van der Waals surface area contributed by atoms with Crippen molar-refractivity contribution in [3.8, 4) is 0 Å². The van der Waals surface area contributed by atoms with E-state index in [1.807, 2.05) is 18.2 Å². The van der Waals surface area contributed by atoms with Crippen molar-refractivity contribution in [3.63, 3.8) is 0 Å². The average molecular weight is 289 g/mol. The standard InChI is InChI=1S/C16H23N3O2/c1-18-13-6-5-11(9-14(13)19(2)15(18)20)12(17)10-16(21-3)7-4-8-16/h5-6,9,12H,4,7-8,10,17H2,1-3H3. The lowest BCUT2D eigenvalue weighted by molar-refractivity contribution is -0.0816. The van der Waals surface area contributed by atoms with E-state index in [4.69, 9.17) is 10.5 Å². The second-order valence-electron chi connectivity index (χ2n) is 6.20. The van der Waals surface area contributed by atoms with Crippen molar-refractivity contribution >= 4 is 11.0 Å². The fourth-order valence-electron chi connectivity index (χ4n) is 3.34. The molecule has 1 unspecified atom stereocenters. The molecule has 0 amide bonds. The SMILES string of the molecule is COC1(CC(N)c2ccc3c(c2)n(C)c(=O)n3C)CCC1. The highest BCUT2D eigenvalue weighted by molar-refractivity contribution is 5.77. The molecule has 0 spiro atoms. The summed E-state index contributed by atoms with van der Waals surface area (Å²) in [5, 5.41) is 0. The van der Waals surface area contributed by atoms with Gasteiger partial charge in [0.2, 0.25) is 0 Å². The molecule has 0 aliphatic heterocycles. The van der Waals surface area contributed by atoms with Crippen LogP contribution in [0.3, 0.4) is 0 Å². The number of ether oxygens (including phenoxy) is 1. The quantitative estimate of drug-likeness (QED) is 0.934. The van der Waals surface area contributed by atoms with Crippen molar-refractivity contribution in [2.45, 2.75) is 37.3 Å². The van der Waals surface area contributed by atoms with E-state index < -0.39 is 0 Å². The van der Waals surface area contributed by atoms with Crippen LogP contribution in [0.1, 0.15) is 37.3 Å². The molecule has 1 aliphatic carbocycles. The molecule has 1 aliphatic rings. The molecule has 1 saturated carbocycles. The zero-order valence-electron chi connectivity index (χ0n) is 12.9. The zero-order chi connectivity index (χ0) is 15.2. The van der Waals surface area contributed by atoms with Crippen LogP contribution in [0.2, 0.25) is 0 Å². The molecule has 1 heterocycles. The molecular weight excluding hydrogens is 266 g/mol.